The fraction of sp³-hybridized carbons (Fsp3) is 0.462. The van der Waals surface area contributed by atoms with Crippen molar-refractivity contribution in [1.82, 2.24) is 0 Å². The van der Waals surface area contributed by atoms with Gasteiger partial charge in [0.1, 0.15) is 18.3 Å². The predicted molar refractivity (Wildman–Crippen MR) is 70.9 cm³/mol. The number of anilines is 1. The second-order valence-corrected chi connectivity index (χ2v) is 4.53. The average Bonchev–Trinajstić information content (AvgIpc) is 2.46. The van der Waals surface area contributed by atoms with Crippen molar-refractivity contribution in [2.75, 3.05) is 11.9 Å². The van der Waals surface area contributed by atoms with Crippen molar-refractivity contribution in [1.29, 1.82) is 0 Å². The van der Waals surface area contributed by atoms with Crippen LogP contribution in [0.1, 0.15) is 5.56 Å². The number of nitrogens with one attached hydrogen (secondary N) is 1. The molecule has 1 aromatic rings. The van der Waals surface area contributed by atoms with Crippen LogP contribution < -0.4 is 5.32 Å². The lowest BCUT2D eigenvalue weighted by molar-refractivity contribution is -0.144. The van der Waals surface area contributed by atoms with Crippen molar-refractivity contribution < 1.29 is 30.3 Å². The van der Waals surface area contributed by atoms with Gasteiger partial charge in [-0.25, -0.2) is 0 Å². The van der Waals surface area contributed by atoms with Crippen molar-refractivity contribution >= 4 is 11.6 Å². The van der Waals surface area contributed by atoms with Gasteiger partial charge in [0, 0.05) is 5.69 Å². The van der Waals surface area contributed by atoms with Gasteiger partial charge >= 0.3 is 0 Å². The lowest BCUT2D eigenvalue weighted by Gasteiger charge is -2.24. The summed E-state index contributed by atoms with van der Waals surface area (Å²) in [6.07, 6.45) is -7.33. The summed E-state index contributed by atoms with van der Waals surface area (Å²) in [4.78, 5) is 11.7. The summed E-state index contributed by atoms with van der Waals surface area (Å²) in [7, 11) is 0. The minimum atomic E-state index is -1.94. The Labute approximate surface area is 116 Å². The molecule has 0 aliphatic rings. The Bertz CT molecular complexity index is 435. The molecule has 0 saturated carbocycles. The van der Waals surface area contributed by atoms with Crippen molar-refractivity contribution in [2.45, 2.75) is 31.3 Å². The summed E-state index contributed by atoms with van der Waals surface area (Å²) in [5, 5.41) is 48.7. The molecule has 6 N–H and O–H groups in total. The monoisotopic (exact) mass is 285 g/mol. The number of aliphatic hydroxyl groups excluding tert-OH is 5. The van der Waals surface area contributed by atoms with E-state index in [1.54, 1.807) is 24.3 Å². The molecule has 1 rings (SSSR count). The van der Waals surface area contributed by atoms with E-state index in [1.165, 1.54) is 0 Å². The lowest BCUT2D eigenvalue weighted by Crippen LogP contribution is -2.50. The van der Waals surface area contributed by atoms with Crippen LogP contribution in [0.2, 0.25) is 0 Å². The largest absolute Gasteiger partial charge is 0.394 e. The van der Waals surface area contributed by atoms with E-state index in [4.69, 9.17) is 10.2 Å². The number of aliphatic hydroxyl groups is 5. The summed E-state index contributed by atoms with van der Waals surface area (Å²) in [6.45, 7) is 1.07. The Balaban J connectivity index is 2.64. The Hall–Kier alpha value is -1.51. The predicted octanol–water partition coefficient (Wildman–Crippen LogP) is -1.63. The zero-order chi connectivity index (χ0) is 15.3. The minimum absolute atomic E-state index is 0.420. The second kappa shape index (κ2) is 7.32. The zero-order valence-corrected chi connectivity index (χ0v) is 11.0. The molecule has 0 saturated heterocycles. The van der Waals surface area contributed by atoms with Crippen molar-refractivity contribution in [3.8, 4) is 0 Å². The zero-order valence-electron chi connectivity index (χ0n) is 11.0. The highest BCUT2D eigenvalue weighted by molar-refractivity contribution is 5.94. The molecule has 7 heteroatoms. The molecule has 4 atom stereocenters. The van der Waals surface area contributed by atoms with E-state index in [9.17, 15) is 20.1 Å². The van der Waals surface area contributed by atoms with Crippen LogP contribution in [0.15, 0.2) is 24.3 Å². The molecule has 112 valence electrons. The Kier molecular flexibility index (Phi) is 6.05. The van der Waals surface area contributed by atoms with Gasteiger partial charge in [0.2, 0.25) is 0 Å². The highest BCUT2D eigenvalue weighted by Crippen LogP contribution is 2.11. The van der Waals surface area contributed by atoms with Gasteiger partial charge < -0.3 is 30.8 Å². The standard InChI is InChI=1S/C13H19NO6/c1-7-2-4-8(5-3-7)14-13(20)12(19)11(18)10(17)9(16)6-15/h2-5,9-12,15-19H,6H2,1H3,(H,14,20)/t9-,10-,11+,12-/m1/s1. The van der Waals surface area contributed by atoms with E-state index in [0.29, 0.717) is 5.69 Å². The molecule has 0 aromatic heterocycles. The minimum Gasteiger partial charge on any atom is -0.394 e. The van der Waals surface area contributed by atoms with Crippen LogP contribution in [0.4, 0.5) is 5.69 Å². The number of carbonyl (C=O) groups excluding carboxylic acids is 1. The number of rotatable bonds is 6. The van der Waals surface area contributed by atoms with Gasteiger partial charge in [0.25, 0.3) is 5.91 Å². The first-order valence-electron chi connectivity index (χ1n) is 6.07. The third kappa shape index (κ3) is 4.26. The topological polar surface area (TPSA) is 130 Å². The van der Waals surface area contributed by atoms with E-state index in [1.807, 2.05) is 6.92 Å². The van der Waals surface area contributed by atoms with Gasteiger partial charge in [-0.1, -0.05) is 17.7 Å². The molecule has 0 aliphatic heterocycles. The lowest BCUT2D eigenvalue weighted by atomic mass is 10.0. The van der Waals surface area contributed by atoms with Gasteiger partial charge in [0.15, 0.2) is 6.10 Å². The third-order valence-electron chi connectivity index (χ3n) is 2.84. The number of aryl methyl sites for hydroxylation is 1. The summed E-state index contributed by atoms with van der Waals surface area (Å²) in [5.41, 5.74) is 1.41. The number of amides is 1. The van der Waals surface area contributed by atoms with Crippen LogP contribution in [-0.2, 0) is 4.79 Å². The maximum atomic E-state index is 11.7. The average molecular weight is 285 g/mol. The molecular weight excluding hydrogens is 266 g/mol. The van der Waals surface area contributed by atoms with E-state index >= 15 is 0 Å². The van der Waals surface area contributed by atoms with E-state index in [0.717, 1.165) is 5.56 Å². The molecule has 0 aliphatic carbocycles. The van der Waals surface area contributed by atoms with Crippen LogP contribution in [0.25, 0.3) is 0 Å². The molecule has 0 heterocycles. The number of hydrogen-bond acceptors (Lipinski definition) is 6. The highest BCUT2D eigenvalue weighted by Gasteiger charge is 2.34. The molecule has 0 fully saturated rings. The molecule has 0 unspecified atom stereocenters. The van der Waals surface area contributed by atoms with Crippen molar-refractivity contribution in [2.24, 2.45) is 0 Å². The first-order valence-corrected chi connectivity index (χ1v) is 6.07. The molecule has 1 amide bonds. The maximum absolute atomic E-state index is 11.7. The van der Waals surface area contributed by atoms with Crippen LogP contribution in [-0.4, -0.2) is 62.5 Å². The first kappa shape index (κ1) is 16.5. The summed E-state index contributed by atoms with van der Waals surface area (Å²) in [6, 6.07) is 6.74. The molecule has 1 aromatic carbocycles. The molecule has 7 nitrogen and oxygen atoms in total. The van der Waals surface area contributed by atoms with Crippen LogP contribution >= 0.6 is 0 Å². The fourth-order valence-electron chi connectivity index (χ4n) is 1.53. The smallest absolute Gasteiger partial charge is 0.256 e. The molecule has 20 heavy (non-hydrogen) atoms. The van der Waals surface area contributed by atoms with Gasteiger partial charge in [0.05, 0.1) is 6.61 Å². The number of benzene rings is 1. The van der Waals surface area contributed by atoms with E-state index < -0.39 is 36.9 Å². The summed E-state index contributed by atoms with van der Waals surface area (Å²) < 4.78 is 0. The molecule has 0 spiro atoms. The van der Waals surface area contributed by atoms with Crippen LogP contribution in [0.3, 0.4) is 0 Å². The number of hydrogen-bond donors (Lipinski definition) is 6. The Morgan fingerprint density at radius 2 is 1.65 bits per heavy atom. The van der Waals surface area contributed by atoms with Crippen molar-refractivity contribution in [3.05, 3.63) is 29.8 Å². The molecule has 0 radical (unpaired) electrons. The molecular formula is C13H19NO6. The van der Waals surface area contributed by atoms with Crippen LogP contribution in [0, 0.1) is 6.92 Å². The second-order valence-electron chi connectivity index (χ2n) is 4.53. The Morgan fingerprint density at radius 1 is 1.10 bits per heavy atom. The van der Waals surface area contributed by atoms with Gasteiger partial charge in [-0.3, -0.25) is 4.79 Å². The fourth-order valence-corrected chi connectivity index (χ4v) is 1.53. The van der Waals surface area contributed by atoms with E-state index in [-0.39, 0.29) is 0 Å². The Morgan fingerprint density at radius 3 is 2.15 bits per heavy atom. The maximum Gasteiger partial charge on any atom is 0.256 e. The highest BCUT2D eigenvalue weighted by atomic mass is 16.4. The van der Waals surface area contributed by atoms with E-state index in [2.05, 4.69) is 5.32 Å². The quantitative estimate of drug-likeness (QED) is 0.372. The first-order chi connectivity index (χ1) is 9.36. The van der Waals surface area contributed by atoms with Gasteiger partial charge in [-0.15, -0.1) is 0 Å². The van der Waals surface area contributed by atoms with Crippen molar-refractivity contribution in [3.63, 3.8) is 0 Å². The van der Waals surface area contributed by atoms with Crippen LogP contribution in [0.5, 0.6) is 0 Å². The van der Waals surface area contributed by atoms with Gasteiger partial charge in [-0.05, 0) is 19.1 Å². The summed E-state index contributed by atoms with van der Waals surface area (Å²) in [5.74, 6) is -0.925. The summed E-state index contributed by atoms with van der Waals surface area (Å²) >= 11 is 0. The molecule has 0 bridgehead atoms. The normalized spacial score (nSPS) is 17.1. The number of carbonyl (C=O) groups is 1. The SMILES string of the molecule is Cc1ccc(NC(=O)[C@H](O)[C@@H](O)[C@H](O)[C@H](O)CO)cc1. The van der Waals surface area contributed by atoms with Gasteiger partial charge in [-0.2, -0.15) is 0 Å². The third-order valence-corrected chi connectivity index (χ3v) is 2.84.